The maximum Gasteiger partial charge on any atom is 0.161 e. The normalized spacial score (nSPS) is 19.4. The van der Waals surface area contributed by atoms with Crippen LogP contribution in [-0.2, 0) is 0 Å². The van der Waals surface area contributed by atoms with Crippen molar-refractivity contribution in [2.45, 2.75) is 51.3 Å². The summed E-state index contributed by atoms with van der Waals surface area (Å²) in [6.45, 7) is 4.42. The van der Waals surface area contributed by atoms with Crippen LogP contribution in [0.15, 0.2) is 12.1 Å². The predicted octanol–water partition coefficient (Wildman–Crippen LogP) is 5.26. The topological polar surface area (TPSA) is 18.5 Å². The zero-order valence-electron chi connectivity index (χ0n) is 13.0. The van der Waals surface area contributed by atoms with Crippen molar-refractivity contribution in [3.8, 4) is 11.5 Å². The summed E-state index contributed by atoms with van der Waals surface area (Å²) >= 11 is 6.86. The molecule has 1 unspecified atom stereocenters. The highest BCUT2D eigenvalue weighted by molar-refractivity contribution is 6.21. The van der Waals surface area contributed by atoms with Gasteiger partial charge < -0.3 is 9.47 Å². The minimum Gasteiger partial charge on any atom is -0.493 e. The summed E-state index contributed by atoms with van der Waals surface area (Å²) < 4.78 is 10.8. The molecule has 1 aromatic rings. The van der Waals surface area contributed by atoms with Crippen molar-refractivity contribution >= 4 is 11.6 Å². The van der Waals surface area contributed by atoms with Gasteiger partial charge in [0.25, 0.3) is 0 Å². The molecule has 3 heteroatoms. The molecule has 1 aliphatic rings. The van der Waals surface area contributed by atoms with Crippen LogP contribution in [0.2, 0.25) is 0 Å². The van der Waals surface area contributed by atoms with Gasteiger partial charge >= 0.3 is 0 Å². The molecule has 1 aliphatic carbocycles. The molecule has 112 valence electrons. The van der Waals surface area contributed by atoms with Gasteiger partial charge in [0.1, 0.15) is 0 Å². The van der Waals surface area contributed by atoms with E-state index in [4.69, 9.17) is 21.1 Å². The molecule has 1 aromatic carbocycles. The second-order valence-corrected chi connectivity index (χ2v) is 6.58. The predicted molar refractivity (Wildman–Crippen MR) is 84.1 cm³/mol. The Morgan fingerprint density at radius 3 is 2.15 bits per heavy atom. The SMILES string of the molecule is COc1cc(C)c(C(Cl)C2(C)CCCCC2)cc1OC. The Morgan fingerprint density at radius 2 is 1.60 bits per heavy atom. The van der Waals surface area contributed by atoms with Gasteiger partial charge in [0.2, 0.25) is 0 Å². The maximum absolute atomic E-state index is 6.86. The molecule has 20 heavy (non-hydrogen) atoms. The van der Waals surface area contributed by atoms with Crippen molar-refractivity contribution in [1.82, 2.24) is 0 Å². The second kappa shape index (κ2) is 6.26. The Kier molecular flexibility index (Phi) is 4.85. The van der Waals surface area contributed by atoms with Gasteiger partial charge in [-0.1, -0.05) is 26.2 Å². The maximum atomic E-state index is 6.86. The van der Waals surface area contributed by atoms with Gasteiger partial charge in [-0.25, -0.2) is 0 Å². The van der Waals surface area contributed by atoms with E-state index < -0.39 is 0 Å². The number of aryl methyl sites for hydroxylation is 1. The third-order valence-electron chi connectivity index (χ3n) is 4.65. The number of hydrogen-bond donors (Lipinski definition) is 0. The Bertz CT molecular complexity index is 464. The van der Waals surface area contributed by atoms with Crippen LogP contribution in [-0.4, -0.2) is 14.2 Å². The molecule has 0 aliphatic heterocycles. The van der Waals surface area contributed by atoms with E-state index in [0.717, 1.165) is 11.5 Å². The van der Waals surface area contributed by atoms with Crippen molar-refractivity contribution < 1.29 is 9.47 Å². The Hall–Kier alpha value is -0.890. The van der Waals surface area contributed by atoms with Gasteiger partial charge in [0.15, 0.2) is 11.5 Å². The van der Waals surface area contributed by atoms with E-state index >= 15 is 0 Å². The molecule has 0 aromatic heterocycles. The standard InChI is InChI=1S/C17H25ClO2/c1-12-10-14(19-3)15(20-4)11-13(12)16(18)17(2)8-6-5-7-9-17/h10-11,16H,5-9H2,1-4H3. The highest BCUT2D eigenvalue weighted by Gasteiger charge is 2.36. The lowest BCUT2D eigenvalue weighted by molar-refractivity contribution is 0.206. The van der Waals surface area contributed by atoms with E-state index in [0.29, 0.717) is 0 Å². The summed E-state index contributed by atoms with van der Waals surface area (Å²) in [6, 6.07) is 4.07. The van der Waals surface area contributed by atoms with E-state index in [9.17, 15) is 0 Å². The summed E-state index contributed by atoms with van der Waals surface area (Å²) in [6.07, 6.45) is 6.31. The number of halogens is 1. The van der Waals surface area contributed by atoms with Crippen LogP contribution in [0.3, 0.4) is 0 Å². The summed E-state index contributed by atoms with van der Waals surface area (Å²) in [7, 11) is 3.33. The van der Waals surface area contributed by atoms with Gasteiger partial charge in [-0.3, -0.25) is 0 Å². The molecule has 1 fully saturated rings. The molecule has 2 rings (SSSR count). The quantitative estimate of drug-likeness (QED) is 0.705. The number of methoxy groups -OCH3 is 2. The fourth-order valence-corrected chi connectivity index (χ4v) is 3.71. The first-order valence-electron chi connectivity index (χ1n) is 7.38. The minimum atomic E-state index is 0.0302. The lowest BCUT2D eigenvalue weighted by Gasteiger charge is -2.38. The molecule has 1 atom stereocenters. The average Bonchev–Trinajstić information content (AvgIpc) is 2.47. The van der Waals surface area contributed by atoms with Crippen molar-refractivity contribution in [1.29, 1.82) is 0 Å². The van der Waals surface area contributed by atoms with Crippen LogP contribution in [0.4, 0.5) is 0 Å². The van der Waals surface area contributed by atoms with E-state index in [1.165, 1.54) is 43.2 Å². The van der Waals surface area contributed by atoms with E-state index in [1.54, 1.807) is 14.2 Å². The van der Waals surface area contributed by atoms with Gasteiger partial charge in [-0.2, -0.15) is 0 Å². The van der Waals surface area contributed by atoms with Crippen LogP contribution in [0.5, 0.6) is 11.5 Å². The fourth-order valence-electron chi connectivity index (χ4n) is 3.26. The lowest BCUT2D eigenvalue weighted by atomic mass is 9.71. The third-order valence-corrected chi connectivity index (χ3v) is 5.41. The fraction of sp³-hybridized carbons (Fsp3) is 0.647. The average molecular weight is 297 g/mol. The molecular weight excluding hydrogens is 272 g/mol. The van der Waals surface area contributed by atoms with E-state index in [-0.39, 0.29) is 10.8 Å². The number of benzene rings is 1. The Balaban J connectivity index is 2.36. The molecule has 0 radical (unpaired) electrons. The third kappa shape index (κ3) is 2.90. The summed E-state index contributed by atoms with van der Waals surface area (Å²) in [4.78, 5) is 0. The van der Waals surface area contributed by atoms with Gasteiger partial charge in [0.05, 0.1) is 19.6 Å². The first kappa shape index (κ1) is 15.5. The molecule has 0 spiro atoms. The summed E-state index contributed by atoms with van der Waals surface area (Å²) in [5.74, 6) is 1.53. The minimum absolute atomic E-state index is 0.0302. The second-order valence-electron chi connectivity index (χ2n) is 6.14. The van der Waals surface area contributed by atoms with Gasteiger partial charge in [0, 0.05) is 0 Å². The van der Waals surface area contributed by atoms with Crippen LogP contribution in [0, 0.1) is 12.3 Å². The van der Waals surface area contributed by atoms with Gasteiger partial charge in [-0.05, 0) is 48.4 Å². The zero-order valence-corrected chi connectivity index (χ0v) is 13.7. The first-order chi connectivity index (χ1) is 9.51. The van der Waals surface area contributed by atoms with Crippen molar-refractivity contribution in [2.75, 3.05) is 14.2 Å². The summed E-state index contributed by atoms with van der Waals surface area (Å²) in [5.41, 5.74) is 2.53. The number of ether oxygens (including phenoxy) is 2. The number of alkyl halides is 1. The molecule has 0 heterocycles. The highest BCUT2D eigenvalue weighted by Crippen LogP contribution is 2.51. The molecule has 0 saturated heterocycles. The molecule has 2 nitrogen and oxygen atoms in total. The lowest BCUT2D eigenvalue weighted by Crippen LogP contribution is -2.25. The molecular formula is C17H25ClO2. The summed E-state index contributed by atoms with van der Waals surface area (Å²) in [5, 5.41) is 0.0302. The van der Waals surface area contributed by atoms with Crippen LogP contribution in [0.1, 0.15) is 55.5 Å². The molecule has 0 amide bonds. The highest BCUT2D eigenvalue weighted by atomic mass is 35.5. The van der Waals surface area contributed by atoms with E-state index in [2.05, 4.69) is 13.8 Å². The molecule has 0 N–H and O–H groups in total. The van der Waals surface area contributed by atoms with Crippen molar-refractivity contribution in [3.05, 3.63) is 23.3 Å². The van der Waals surface area contributed by atoms with Crippen molar-refractivity contribution in [2.24, 2.45) is 5.41 Å². The number of hydrogen-bond acceptors (Lipinski definition) is 2. The largest absolute Gasteiger partial charge is 0.493 e. The Morgan fingerprint density at radius 1 is 1.05 bits per heavy atom. The van der Waals surface area contributed by atoms with E-state index in [1.807, 2.05) is 12.1 Å². The molecule has 1 saturated carbocycles. The monoisotopic (exact) mass is 296 g/mol. The van der Waals surface area contributed by atoms with Crippen LogP contribution in [0.25, 0.3) is 0 Å². The molecule has 0 bridgehead atoms. The first-order valence-corrected chi connectivity index (χ1v) is 7.82. The Labute approximate surface area is 127 Å². The smallest absolute Gasteiger partial charge is 0.161 e. The van der Waals surface area contributed by atoms with Crippen molar-refractivity contribution in [3.63, 3.8) is 0 Å². The van der Waals surface area contributed by atoms with Gasteiger partial charge in [-0.15, -0.1) is 11.6 Å². The van der Waals surface area contributed by atoms with Crippen LogP contribution >= 0.6 is 11.6 Å². The number of rotatable bonds is 4. The van der Waals surface area contributed by atoms with Crippen LogP contribution < -0.4 is 9.47 Å². The zero-order chi connectivity index (χ0) is 14.8.